The molecule has 2 fully saturated rings. The number of aromatic nitrogens is 2. The molecule has 1 aromatic rings. The highest BCUT2D eigenvalue weighted by molar-refractivity contribution is 6.09. The van der Waals surface area contributed by atoms with Gasteiger partial charge in [-0.05, 0) is 19.3 Å². The first-order valence-electron chi connectivity index (χ1n) is 9.05. The van der Waals surface area contributed by atoms with Gasteiger partial charge in [0.15, 0.2) is 0 Å². The number of nitrogens with two attached hydrogens (primary N) is 1. The second-order valence-electron chi connectivity index (χ2n) is 7.48. The maximum Gasteiger partial charge on any atom is 0.326 e. The first-order chi connectivity index (χ1) is 12.8. The molecule has 2 aliphatic rings. The van der Waals surface area contributed by atoms with Crippen LogP contribution in [0.4, 0.5) is 5.95 Å². The van der Waals surface area contributed by atoms with Crippen LogP contribution in [0, 0.1) is 17.8 Å². The number of hydrogen-bond donors (Lipinski definition) is 2. The maximum absolute atomic E-state index is 13.1. The minimum atomic E-state index is -1.28. The Labute approximate surface area is 157 Å². The lowest BCUT2D eigenvalue weighted by Crippen LogP contribution is -2.57. The van der Waals surface area contributed by atoms with E-state index in [9.17, 15) is 14.4 Å². The Bertz CT molecular complexity index is 766. The van der Waals surface area contributed by atoms with Gasteiger partial charge in [0, 0.05) is 30.5 Å². The average molecular weight is 375 g/mol. The molecule has 0 unspecified atom stereocenters. The van der Waals surface area contributed by atoms with E-state index in [4.69, 9.17) is 10.5 Å². The van der Waals surface area contributed by atoms with E-state index >= 15 is 0 Å². The summed E-state index contributed by atoms with van der Waals surface area (Å²) in [5.74, 6) is -2.52. The Morgan fingerprint density at radius 2 is 1.96 bits per heavy atom. The number of fused-ring (bicyclic) bond motifs is 1. The maximum atomic E-state index is 13.1. The molecule has 4 atom stereocenters. The zero-order valence-electron chi connectivity index (χ0n) is 15.9. The van der Waals surface area contributed by atoms with Crippen LogP contribution in [-0.2, 0) is 19.1 Å². The van der Waals surface area contributed by atoms with E-state index in [0.717, 1.165) is 0 Å². The number of hydrogen-bond acceptors (Lipinski definition) is 8. The molecular weight excluding hydrogens is 350 g/mol. The largest absolute Gasteiger partial charge is 0.468 e. The van der Waals surface area contributed by atoms with Crippen molar-refractivity contribution >= 4 is 23.7 Å². The number of anilines is 1. The molecule has 3 N–H and O–H groups in total. The molecule has 146 valence electrons. The highest BCUT2D eigenvalue weighted by Gasteiger charge is 2.68. The number of nitrogens with zero attached hydrogens (tertiary/aromatic N) is 3. The lowest BCUT2D eigenvalue weighted by molar-refractivity contribution is -0.155. The van der Waals surface area contributed by atoms with Crippen molar-refractivity contribution in [2.75, 3.05) is 19.4 Å². The van der Waals surface area contributed by atoms with Crippen LogP contribution in [0.1, 0.15) is 38.8 Å². The quantitative estimate of drug-likeness (QED) is 0.555. The zero-order chi connectivity index (χ0) is 19.9. The van der Waals surface area contributed by atoms with E-state index in [1.807, 2.05) is 13.8 Å². The summed E-state index contributed by atoms with van der Waals surface area (Å²) in [6.45, 7) is 5.92. The summed E-state index contributed by atoms with van der Waals surface area (Å²) in [7, 11) is 1.29. The fourth-order valence-electron chi connectivity index (χ4n) is 4.45. The molecule has 0 aromatic carbocycles. The lowest BCUT2D eigenvalue weighted by Gasteiger charge is -2.33. The van der Waals surface area contributed by atoms with Crippen LogP contribution in [0.15, 0.2) is 12.4 Å². The van der Waals surface area contributed by atoms with Crippen LogP contribution in [0.2, 0.25) is 0 Å². The molecule has 0 radical (unpaired) electrons. The van der Waals surface area contributed by atoms with Crippen molar-refractivity contribution in [1.82, 2.24) is 20.2 Å². The molecule has 2 amide bonds. The number of ether oxygens (including phenoxy) is 1. The Morgan fingerprint density at radius 1 is 1.33 bits per heavy atom. The monoisotopic (exact) mass is 375 g/mol. The average Bonchev–Trinajstić information content (AvgIpc) is 3.09. The summed E-state index contributed by atoms with van der Waals surface area (Å²) in [6.07, 6.45) is 3.40. The third-order valence-corrected chi connectivity index (χ3v) is 5.39. The van der Waals surface area contributed by atoms with E-state index < -0.39 is 29.4 Å². The molecule has 9 nitrogen and oxygen atoms in total. The molecule has 2 aliphatic heterocycles. The SMILES string of the molecule is CCN1C(=O)[C@H]2[C@@H](c3cnc(N)nc3)N[C@@](CC(C)C)(C(=O)OC)[C@H]2C1=O. The van der Waals surface area contributed by atoms with Gasteiger partial charge in [-0.1, -0.05) is 13.8 Å². The smallest absolute Gasteiger partial charge is 0.326 e. The molecule has 0 spiro atoms. The van der Waals surface area contributed by atoms with Crippen molar-refractivity contribution in [3.63, 3.8) is 0 Å². The van der Waals surface area contributed by atoms with Gasteiger partial charge >= 0.3 is 5.97 Å². The number of nitrogen functional groups attached to an aromatic ring is 1. The summed E-state index contributed by atoms with van der Waals surface area (Å²) < 4.78 is 5.07. The third-order valence-electron chi connectivity index (χ3n) is 5.39. The van der Waals surface area contributed by atoms with Crippen molar-refractivity contribution in [3.05, 3.63) is 18.0 Å². The molecule has 27 heavy (non-hydrogen) atoms. The van der Waals surface area contributed by atoms with Crippen LogP contribution in [0.25, 0.3) is 0 Å². The van der Waals surface area contributed by atoms with Crippen LogP contribution in [0.3, 0.4) is 0 Å². The van der Waals surface area contributed by atoms with E-state index in [2.05, 4.69) is 15.3 Å². The number of rotatable bonds is 5. The number of carbonyl (C=O) groups excluding carboxylic acids is 3. The van der Waals surface area contributed by atoms with Gasteiger partial charge in [0.05, 0.1) is 18.9 Å². The summed E-state index contributed by atoms with van der Waals surface area (Å²) in [6, 6.07) is -0.582. The Hall–Kier alpha value is -2.55. The molecule has 9 heteroatoms. The number of esters is 1. The third kappa shape index (κ3) is 2.86. The van der Waals surface area contributed by atoms with Gasteiger partial charge in [0.1, 0.15) is 5.54 Å². The highest BCUT2D eigenvalue weighted by Crippen LogP contribution is 2.51. The second kappa shape index (κ2) is 6.88. The van der Waals surface area contributed by atoms with Gasteiger partial charge < -0.3 is 10.5 Å². The standard InChI is InChI=1S/C18H25N5O4/c1-5-23-14(24)11-12(15(23)25)18(6-9(2)3,16(26)27-4)22-13(11)10-7-20-17(19)21-8-10/h7-9,11-13,22H,5-6H2,1-4H3,(H2,19,20,21)/t11-,12-,13-,18-/m1/s1. The van der Waals surface area contributed by atoms with Gasteiger partial charge in [-0.25, -0.2) is 9.97 Å². The molecule has 0 aliphatic carbocycles. The van der Waals surface area contributed by atoms with Crippen molar-refractivity contribution in [2.24, 2.45) is 17.8 Å². The number of carbonyl (C=O) groups is 3. The summed E-state index contributed by atoms with van der Waals surface area (Å²) in [4.78, 5) is 48.2. The second-order valence-corrected chi connectivity index (χ2v) is 7.48. The number of imide groups is 1. The molecule has 1 aromatic heterocycles. The normalized spacial score (nSPS) is 30.1. The lowest BCUT2D eigenvalue weighted by atomic mass is 9.75. The van der Waals surface area contributed by atoms with Crippen LogP contribution in [0.5, 0.6) is 0 Å². The van der Waals surface area contributed by atoms with Crippen molar-refractivity contribution in [2.45, 2.75) is 38.8 Å². The van der Waals surface area contributed by atoms with Crippen LogP contribution < -0.4 is 11.1 Å². The molecule has 0 bridgehead atoms. The van der Waals surface area contributed by atoms with Crippen LogP contribution >= 0.6 is 0 Å². The number of nitrogens with one attached hydrogen (secondary N) is 1. The van der Waals surface area contributed by atoms with Gasteiger partial charge in [-0.15, -0.1) is 0 Å². The van der Waals surface area contributed by atoms with E-state index in [1.54, 1.807) is 6.92 Å². The zero-order valence-corrected chi connectivity index (χ0v) is 15.9. The number of methoxy groups -OCH3 is 1. The fraction of sp³-hybridized carbons (Fsp3) is 0.611. The molecule has 3 heterocycles. The molecular formula is C18H25N5O4. The molecule has 2 saturated heterocycles. The minimum absolute atomic E-state index is 0.0947. The van der Waals surface area contributed by atoms with Crippen LogP contribution in [-0.4, -0.2) is 51.8 Å². The van der Waals surface area contributed by atoms with Crippen molar-refractivity contribution in [3.8, 4) is 0 Å². The van der Waals surface area contributed by atoms with Gasteiger partial charge in [0.2, 0.25) is 17.8 Å². The summed E-state index contributed by atoms with van der Waals surface area (Å²) in [5, 5.41) is 3.27. The Kier molecular flexibility index (Phi) is 4.90. The topological polar surface area (TPSA) is 128 Å². The highest BCUT2D eigenvalue weighted by atomic mass is 16.5. The first kappa shape index (κ1) is 19.2. The van der Waals surface area contributed by atoms with Crippen molar-refractivity contribution < 1.29 is 19.1 Å². The van der Waals surface area contributed by atoms with E-state index in [1.165, 1.54) is 24.4 Å². The Morgan fingerprint density at radius 3 is 2.48 bits per heavy atom. The minimum Gasteiger partial charge on any atom is -0.468 e. The van der Waals surface area contributed by atoms with Gasteiger partial charge in [-0.2, -0.15) is 0 Å². The predicted molar refractivity (Wildman–Crippen MR) is 95.9 cm³/mol. The van der Waals surface area contributed by atoms with Gasteiger partial charge in [-0.3, -0.25) is 24.6 Å². The molecule has 3 rings (SSSR count). The van der Waals surface area contributed by atoms with E-state index in [-0.39, 0.29) is 30.2 Å². The first-order valence-corrected chi connectivity index (χ1v) is 9.05. The number of likely N-dealkylation sites (tertiary alicyclic amines) is 1. The Balaban J connectivity index is 2.15. The van der Waals surface area contributed by atoms with Crippen molar-refractivity contribution in [1.29, 1.82) is 0 Å². The number of amides is 2. The van der Waals surface area contributed by atoms with Gasteiger partial charge in [0.25, 0.3) is 0 Å². The molecule has 0 saturated carbocycles. The summed E-state index contributed by atoms with van der Waals surface area (Å²) in [5.41, 5.74) is 4.89. The fourth-order valence-corrected chi connectivity index (χ4v) is 4.45. The predicted octanol–water partition coefficient (Wildman–Crippen LogP) is 0.282. The van der Waals surface area contributed by atoms with E-state index in [0.29, 0.717) is 12.0 Å². The summed E-state index contributed by atoms with van der Waals surface area (Å²) >= 11 is 0.